The highest BCUT2D eigenvalue weighted by Crippen LogP contribution is 2.22. The molecule has 1 N–H and O–H groups in total. The van der Waals surface area contributed by atoms with Crippen molar-refractivity contribution in [3.63, 3.8) is 0 Å². The van der Waals surface area contributed by atoms with Crippen LogP contribution in [0.25, 0.3) is 0 Å². The van der Waals surface area contributed by atoms with Crippen molar-refractivity contribution in [2.75, 3.05) is 13.7 Å². The van der Waals surface area contributed by atoms with Crippen molar-refractivity contribution < 1.29 is 14.6 Å². The summed E-state index contributed by atoms with van der Waals surface area (Å²) in [5.74, 6) is 1.55. The number of nitrogens with zero attached hydrogens (tertiary/aromatic N) is 2. The van der Waals surface area contributed by atoms with Gasteiger partial charge in [0.05, 0.1) is 19.8 Å². The number of imidazole rings is 1. The first kappa shape index (κ1) is 15.5. The third-order valence-electron chi connectivity index (χ3n) is 3.38. The first-order valence-corrected chi connectivity index (χ1v) is 7.10. The Hall–Kier alpha value is -1.85. The van der Waals surface area contributed by atoms with Crippen LogP contribution in [0.2, 0.25) is 0 Å². The standard InChI is InChI=1S/C16H22N2O3/c1-4-21-12(2)16-17-8-9-18(16)11-15(19)13-6-5-7-14(10-13)20-3/h5-10,12,15,19H,4,11H2,1-3H3/t12-,15-/m0/s1. The van der Waals surface area contributed by atoms with E-state index in [-0.39, 0.29) is 6.10 Å². The molecule has 1 heterocycles. The number of aliphatic hydroxyl groups excluding tert-OH is 1. The average Bonchev–Trinajstić information content (AvgIpc) is 2.95. The third-order valence-corrected chi connectivity index (χ3v) is 3.38. The smallest absolute Gasteiger partial charge is 0.137 e. The van der Waals surface area contributed by atoms with Crippen molar-refractivity contribution in [1.82, 2.24) is 9.55 Å². The zero-order valence-electron chi connectivity index (χ0n) is 12.7. The van der Waals surface area contributed by atoms with E-state index >= 15 is 0 Å². The number of ether oxygens (including phenoxy) is 2. The van der Waals surface area contributed by atoms with Gasteiger partial charge in [-0.3, -0.25) is 0 Å². The first-order valence-electron chi connectivity index (χ1n) is 7.10. The fourth-order valence-corrected chi connectivity index (χ4v) is 2.30. The van der Waals surface area contributed by atoms with Gasteiger partial charge >= 0.3 is 0 Å². The van der Waals surface area contributed by atoms with Crippen molar-refractivity contribution >= 4 is 0 Å². The summed E-state index contributed by atoms with van der Waals surface area (Å²) in [5.41, 5.74) is 0.818. The van der Waals surface area contributed by atoms with Gasteiger partial charge in [-0.05, 0) is 31.5 Å². The van der Waals surface area contributed by atoms with Gasteiger partial charge in [-0.15, -0.1) is 0 Å². The molecule has 21 heavy (non-hydrogen) atoms. The Kier molecular flexibility index (Phi) is 5.36. The lowest BCUT2D eigenvalue weighted by molar-refractivity contribution is 0.0644. The maximum Gasteiger partial charge on any atom is 0.137 e. The number of hydrogen-bond acceptors (Lipinski definition) is 4. The SMILES string of the molecule is CCO[C@@H](C)c1nccn1C[C@H](O)c1cccc(OC)c1. The van der Waals surface area contributed by atoms with Crippen LogP contribution in [0.5, 0.6) is 5.75 Å². The van der Waals surface area contributed by atoms with Gasteiger partial charge in [-0.1, -0.05) is 12.1 Å². The zero-order chi connectivity index (χ0) is 15.2. The fraction of sp³-hybridized carbons (Fsp3) is 0.438. The second-order valence-electron chi connectivity index (χ2n) is 4.83. The second kappa shape index (κ2) is 7.24. The second-order valence-corrected chi connectivity index (χ2v) is 4.83. The summed E-state index contributed by atoms with van der Waals surface area (Å²) < 4.78 is 12.7. The normalized spacial score (nSPS) is 13.9. The van der Waals surface area contributed by atoms with Crippen molar-refractivity contribution in [1.29, 1.82) is 0 Å². The molecule has 1 aromatic carbocycles. The van der Waals surface area contributed by atoms with Crippen LogP contribution in [0, 0.1) is 0 Å². The Labute approximate surface area is 125 Å². The van der Waals surface area contributed by atoms with Gasteiger partial charge in [0.25, 0.3) is 0 Å². The molecule has 114 valence electrons. The van der Waals surface area contributed by atoms with E-state index in [1.54, 1.807) is 13.3 Å². The zero-order valence-corrected chi connectivity index (χ0v) is 12.7. The molecule has 2 aromatic rings. The van der Waals surface area contributed by atoms with Gasteiger partial charge in [0.15, 0.2) is 0 Å². The summed E-state index contributed by atoms with van der Waals surface area (Å²) in [6.45, 7) is 4.97. The summed E-state index contributed by atoms with van der Waals surface area (Å²) in [6.07, 6.45) is 2.86. The highest BCUT2D eigenvalue weighted by molar-refractivity contribution is 5.29. The lowest BCUT2D eigenvalue weighted by Gasteiger charge is -2.17. The number of aliphatic hydroxyl groups is 1. The number of benzene rings is 1. The van der Waals surface area contributed by atoms with E-state index in [1.807, 2.05) is 48.9 Å². The maximum atomic E-state index is 10.4. The van der Waals surface area contributed by atoms with Gasteiger partial charge < -0.3 is 19.1 Å². The number of aromatic nitrogens is 2. The van der Waals surface area contributed by atoms with Gasteiger partial charge in [-0.25, -0.2) is 4.98 Å². The molecule has 5 heteroatoms. The predicted octanol–water partition coefficient (Wildman–Crippen LogP) is 2.72. The molecule has 0 amide bonds. The lowest BCUT2D eigenvalue weighted by atomic mass is 10.1. The molecule has 0 unspecified atom stereocenters. The third kappa shape index (κ3) is 3.83. The molecular weight excluding hydrogens is 268 g/mol. The van der Waals surface area contributed by atoms with Crippen LogP contribution in [0.4, 0.5) is 0 Å². The van der Waals surface area contributed by atoms with Crippen LogP contribution < -0.4 is 4.74 Å². The Balaban J connectivity index is 2.12. The van der Waals surface area contributed by atoms with Crippen LogP contribution >= 0.6 is 0 Å². The first-order chi connectivity index (χ1) is 10.2. The summed E-state index contributed by atoms with van der Waals surface area (Å²) in [6, 6.07) is 7.45. The van der Waals surface area contributed by atoms with E-state index in [0.717, 1.165) is 17.1 Å². The summed E-state index contributed by atoms with van der Waals surface area (Å²) in [4.78, 5) is 4.32. The number of methoxy groups -OCH3 is 1. The molecule has 2 rings (SSSR count). The van der Waals surface area contributed by atoms with E-state index in [4.69, 9.17) is 9.47 Å². The lowest BCUT2D eigenvalue weighted by Crippen LogP contribution is -2.14. The van der Waals surface area contributed by atoms with E-state index in [9.17, 15) is 5.11 Å². The highest BCUT2D eigenvalue weighted by Gasteiger charge is 2.15. The Morgan fingerprint density at radius 3 is 2.90 bits per heavy atom. The Morgan fingerprint density at radius 1 is 1.38 bits per heavy atom. The summed E-state index contributed by atoms with van der Waals surface area (Å²) >= 11 is 0. The minimum absolute atomic E-state index is 0.0949. The monoisotopic (exact) mass is 290 g/mol. The summed E-state index contributed by atoms with van der Waals surface area (Å²) in [7, 11) is 1.61. The minimum atomic E-state index is -0.623. The highest BCUT2D eigenvalue weighted by atomic mass is 16.5. The topological polar surface area (TPSA) is 56.5 Å². The predicted molar refractivity (Wildman–Crippen MR) is 80.2 cm³/mol. The van der Waals surface area contributed by atoms with E-state index in [0.29, 0.717) is 13.2 Å². The molecule has 0 radical (unpaired) electrons. The molecule has 0 aliphatic rings. The van der Waals surface area contributed by atoms with Crippen LogP contribution in [0.1, 0.15) is 37.4 Å². The Morgan fingerprint density at radius 2 is 2.19 bits per heavy atom. The molecule has 2 atom stereocenters. The molecule has 0 bridgehead atoms. The number of rotatable bonds is 7. The molecule has 0 spiro atoms. The van der Waals surface area contributed by atoms with Gasteiger partial charge in [0, 0.05) is 19.0 Å². The molecule has 0 saturated carbocycles. The molecule has 1 aromatic heterocycles. The van der Waals surface area contributed by atoms with Crippen molar-refractivity contribution in [3.8, 4) is 5.75 Å². The van der Waals surface area contributed by atoms with Gasteiger partial charge in [0.2, 0.25) is 0 Å². The molecular formula is C16H22N2O3. The minimum Gasteiger partial charge on any atom is -0.497 e. The quantitative estimate of drug-likeness (QED) is 0.852. The Bertz CT molecular complexity index is 568. The fourth-order valence-electron chi connectivity index (χ4n) is 2.30. The molecule has 5 nitrogen and oxygen atoms in total. The van der Waals surface area contributed by atoms with E-state index in [1.165, 1.54) is 0 Å². The van der Waals surface area contributed by atoms with E-state index < -0.39 is 6.10 Å². The van der Waals surface area contributed by atoms with Crippen LogP contribution in [0.3, 0.4) is 0 Å². The molecule has 0 aliphatic carbocycles. The van der Waals surface area contributed by atoms with Crippen LogP contribution in [-0.2, 0) is 11.3 Å². The van der Waals surface area contributed by atoms with Gasteiger partial charge in [0.1, 0.15) is 17.7 Å². The van der Waals surface area contributed by atoms with Crippen molar-refractivity contribution in [2.24, 2.45) is 0 Å². The molecule has 0 aliphatic heterocycles. The van der Waals surface area contributed by atoms with E-state index in [2.05, 4.69) is 4.98 Å². The van der Waals surface area contributed by atoms with Crippen molar-refractivity contribution in [2.45, 2.75) is 32.6 Å². The maximum absolute atomic E-state index is 10.4. The summed E-state index contributed by atoms with van der Waals surface area (Å²) in [5, 5.41) is 10.4. The largest absolute Gasteiger partial charge is 0.497 e. The molecule has 0 fully saturated rings. The molecule has 0 saturated heterocycles. The van der Waals surface area contributed by atoms with Crippen molar-refractivity contribution in [3.05, 3.63) is 48.0 Å². The average molecular weight is 290 g/mol. The van der Waals surface area contributed by atoms with Crippen LogP contribution in [0.15, 0.2) is 36.7 Å². The number of hydrogen-bond donors (Lipinski definition) is 1. The van der Waals surface area contributed by atoms with Crippen LogP contribution in [-0.4, -0.2) is 28.4 Å². The van der Waals surface area contributed by atoms with Gasteiger partial charge in [-0.2, -0.15) is 0 Å².